The lowest BCUT2D eigenvalue weighted by Crippen LogP contribution is -2.21. The van der Waals surface area contributed by atoms with Gasteiger partial charge in [0.2, 0.25) is 0 Å². The van der Waals surface area contributed by atoms with Gasteiger partial charge in [-0.15, -0.1) is 0 Å². The first-order valence-electron chi connectivity index (χ1n) is 4.90. The fourth-order valence-corrected chi connectivity index (χ4v) is 2.36. The van der Waals surface area contributed by atoms with E-state index in [1.807, 2.05) is 22.9 Å². The summed E-state index contributed by atoms with van der Waals surface area (Å²) >= 11 is 1.55. The first-order valence-corrected chi connectivity index (χ1v) is 5.84. The van der Waals surface area contributed by atoms with E-state index in [1.165, 1.54) is 0 Å². The van der Waals surface area contributed by atoms with E-state index in [0.717, 1.165) is 11.1 Å². The highest BCUT2D eigenvalue weighted by atomic mass is 32.1. The van der Waals surface area contributed by atoms with Crippen molar-refractivity contribution in [1.82, 2.24) is 0 Å². The molecule has 0 saturated heterocycles. The van der Waals surface area contributed by atoms with E-state index < -0.39 is 5.60 Å². The smallest absolute Gasteiger partial charge is 0.113 e. The Bertz CT molecular complexity index is 523. The number of rotatable bonds is 2. The topological polar surface area (TPSA) is 44.0 Å². The van der Waals surface area contributed by atoms with Gasteiger partial charge in [0.1, 0.15) is 5.60 Å². The van der Waals surface area contributed by atoms with Crippen LogP contribution >= 0.6 is 11.3 Å². The first kappa shape index (κ1) is 10.9. The zero-order valence-corrected chi connectivity index (χ0v) is 9.66. The highest BCUT2D eigenvalue weighted by molar-refractivity contribution is 7.08. The van der Waals surface area contributed by atoms with Crippen LogP contribution in [-0.4, -0.2) is 5.11 Å². The van der Waals surface area contributed by atoms with Gasteiger partial charge in [-0.25, -0.2) is 0 Å². The van der Waals surface area contributed by atoms with E-state index in [4.69, 9.17) is 5.26 Å². The summed E-state index contributed by atoms with van der Waals surface area (Å²) in [6, 6.07) is 11.0. The van der Waals surface area contributed by atoms with Gasteiger partial charge in [-0.2, -0.15) is 16.6 Å². The van der Waals surface area contributed by atoms with Gasteiger partial charge in [-0.05, 0) is 47.0 Å². The van der Waals surface area contributed by atoms with E-state index in [2.05, 4.69) is 6.07 Å². The van der Waals surface area contributed by atoms with Crippen molar-refractivity contribution >= 4 is 11.3 Å². The summed E-state index contributed by atoms with van der Waals surface area (Å²) in [6.45, 7) is 1.74. The number of nitrogens with zero attached hydrogens (tertiary/aromatic N) is 1. The number of hydrogen-bond acceptors (Lipinski definition) is 3. The lowest BCUT2D eigenvalue weighted by Gasteiger charge is -2.23. The maximum absolute atomic E-state index is 10.5. The standard InChI is InChI=1S/C13H11NOS/c1-13(15,12-5-6-16-9-12)11-4-2-3-10(7-11)8-14/h2-7,9,15H,1H3. The summed E-state index contributed by atoms with van der Waals surface area (Å²) in [7, 11) is 0. The summed E-state index contributed by atoms with van der Waals surface area (Å²) in [5.74, 6) is 0. The van der Waals surface area contributed by atoms with Crippen molar-refractivity contribution in [2.75, 3.05) is 0 Å². The number of hydrogen-bond donors (Lipinski definition) is 1. The Balaban J connectivity index is 2.48. The summed E-state index contributed by atoms with van der Waals surface area (Å²) < 4.78 is 0. The molecule has 0 aliphatic heterocycles. The van der Waals surface area contributed by atoms with E-state index in [1.54, 1.807) is 36.5 Å². The minimum Gasteiger partial charge on any atom is -0.381 e. The molecule has 1 aromatic heterocycles. The van der Waals surface area contributed by atoms with Crippen LogP contribution < -0.4 is 0 Å². The molecule has 1 heterocycles. The van der Waals surface area contributed by atoms with Crippen molar-refractivity contribution in [2.24, 2.45) is 0 Å². The number of nitriles is 1. The Kier molecular flexibility index (Phi) is 2.78. The minimum atomic E-state index is -1.03. The fraction of sp³-hybridized carbons (Fsp3) is 0.154. The molecule has 16 heavy (non-hydrogen) atoms. The Hall–Kier alpha value is -1.63. The highest BCUT2D eigenvalue weighted by Crippen LogP contribution is 2.30. The predicted molar refractivity (Wildman–Crippen MR) is 64.1 cm³/mol. The molecule has 0 fully saturated rings. The lowest BCUT2D eigenvalue weighted by atomic mass is 9.89. The normalized spacial score (nSPS) is 14.1. The van der Waals surface area contributed by atoms with Gasteiger partial charge >= 0.3 is 0 Å². The first-order chi connectivity index (χ1) is 7.64. The van der Waals surface area contributed by atoms with Crippen molar-refractivity contribution in [1.29, 1.82) is 5.26 Å². The molecule has 0 aliphatic carbocycles. The molecule has 1 N–H and O–H groups in total. The third-order valence-electron chi connectivity index (χ3n) is 2.64. The van der Waals surface area contributed by atoms with Crippen LogP contribution in [0, 0.1) is 11.3 Å². The van der Waals surface area contributed by atoms with Crippen LogP contribution in [0.15, 0.2) is 41.1 Å². The average Bonchev–Trinajstić information content (AvgIpc) is 2.83. The SMILES string of the molecule is CC(O)(c1ccsc1)c1cccc(C#N)c1. The quantitative estimate of drug-likeness (QED) is 0.860. The molecule has 3 heteroatoms. The third kappa shape index (κ3) is 1.85. The second-order valence-electron chi connectivity index (χ2n) is 3.78. The average molecular weight is 229 g/mol. The maximum Gasteiger partial charge on any atom is 0.113 e. The largest absolute Gasteiger partial charge is 0.381 e. The van der Waals surface area contributed by atoms with Crippen LogP contribution in [0.5, 0.6) is 0 Å². The van der Waals surface area contributed by atoms with E-state index in [9.17, 15) is 5.11 Å². The minimum absolute atomic E-state index is 0.563. The van der Waals surface area contributed by atoms with Gasteiger partial charge in [0.15, 0.2) is 0 Å². The van der Waals surface area contributed by atoms with Crippen LogP contribution in [0.4, 0.5) is 0 Å². The second-order valence-corrected chi connectivity index (χ2v) is 4.56. The Labute approximate surface area is 98.4 Å². The van der Waals surface area contributed by atoms with Crippen molar-refractivity contribution in [3.05, 3.63) is 57.8 Å². The second kappa shape index (κ2) is 4.09. The molecular weight excluding hydrogens is 218 g/mol. The van der Waals surface area contributed by atoms with E-state index in [-0.39, 0.29) is 0 Å². The van der Waals surface area contributed by atoms with Crippen molar-refractivity contribution < 1.29 is 5.11 Å². The monoisotopic (exact) mass is 229 g/mol. The Morgan fingerprint density at radius 3 is 2.75 bits per heavy atom. The van der Waals surface area contributed by atoms with Crippen LogP contribution in [0.3, 0.4) is 0 Å². The number of benzene rings is 1. The van der Waals surface area contributed by atoms with Crippen LogP contribution in [0.1, 0.15) is 23.6 Å². The maximum atomic E-state index is 10.5. The van der Waals surface area contributed by atoms with E-state index >= 15 is 0 Å². The Morgan fingerprint density at radius 1 is 1.31 bits per heavy atom. The van der Waals surface area contributed by atoms with Gasteiger partial charge < -0.3 is 5.11 Å². The molecule has 2 aromatic rings. The summed E-state index contributed by atoms with van der Waals surface area (Å²) in [6.07, 6.45) is 0. The zero-order valence-electron chi connectivity index (χ0n) is 8.84. The van der Waals surface area contributed by atoms with Gasteiger partial charge in [0.05, 0.1) is 11.6 Å². The van der Waals surface area contributed by atoms with Gasteiger partial charge in [-0.3, -0.25) is 0 Å². The molecule has 0 aliphatic rings. The molecule has 2 rings (SSSR count). The fourth-order valence-electron chi connectivity index (χ4n) is 1.60. The molecule has 80 valence electrons. The molecule has 1 unspecified atom stereocenters. The van der Waals surface area contributed by atoms with E-state index in [0.29, 0.717) is 5.56 Å². The van der Waals surface area contributed by atoms with Crippen LogP contribution in [0.2, 0.25) is 0 Å². The predicted octanol–water partition coefficient (Wildman–Crippen LogP) is 2.88. The third-order valence-corrected chi connectivity index (χ3v) is 3.32. The zero-order chi connectivity index (χ0) is 11.6. The Morgan fingerprint density at radius 2 is 2.12 bits per heavy atom. The lowest BCUT2D eigenvalue weighted by molar-refractivity contribution is 0.103. The molecule has 0 amide bonds. The molecule has 1 atom stereocenters. The van der Waals surface area contributed by atoms with Crippen LogP contribution in [0.25, 0.3) is 0 Å². The van der Waals surface area contributed by atoms with Crippen molar-refractivity contribution in [3.63, 3.8) is 0 Å². The number of thiophene rings is 1. The van der Waals surface area contributed by atoms with Crippen molar-refractivity contribution in [2.45, 2.75) is 12.5 Å². The molecule has 1 aromatic carbocycles. The van der Waals surface area contributed by atoms with Gasteiger partial charge in [0.25, 0.3) is 0 Å². The molecule has 2 nitrogen and oxygen atoms in total. The molecular formula is C13H11NOS. The summed E-state index contributed by atoms with van der Waals surface area (Å²) in [5, 5.41) is 23.1. The summed E-state index contributed by atoms with van der Waals surface area (Å²) in [4.78, 5) is 0. The van der Waals surface area contributed by atoms with Crippen LogP contribution in [-0.2, 0) is 5.60 Å². The molecule has 0 spiro atoms. The molecule has 0 radical (unpaired) electrons. The number of aliphatic hydroxyl groups is 1. The van der Waals surface area contributed by atoms with Gasteiger partial charge in [0, 0.05) is 0 Å². The summed E-state index contributed by atoms with van der Waals surface area (Å²) in [5.41, 5.74) is 1.12. The molecule has 0 bridgehead atoms. The molecule has 0 saturated carbocycles. The van der Waals surface area contributed by atoms with Gasteiger partial charge in [-0.1, -0.05) is 12.1 Å². The highest BCUT2D eigenvalue weighted by Gasteiger charge is 2.25. The van der Waals surface area contributed by atoms with Crippen molar-refractivity contribution in [3.8, 4) is 6.07 Å².